The minimum absolute atomic E-state index is 0.0544. The largest absolute Gasteiger partial charge is 0.496 e. The molecule has 0 spiro atoms. The van der Waals surface area contributed by atoms with Crippen molar-refractivity contribution >= 4 is 11.9 Å². The summed E-state index contributed by atoms with van der Waals surface area (Å²) in [6.07, 6.45) is 5.07. The number of hydrogen-bond donors (Lipinski definition) is 0. The van der Waals surface area contributed by atoms with Gasteiger partial charge in [-0.25, -0.2) is 0 Å². The van der Waals surface area contributed by atoms with Crippen molar-refractivity contribution in [3.05, 3.63) is 52.8 Å². The summed E-state index contributed by atoms with van der Waals surface area (Å²) in [7, 11) is 3.40. The van der Waals surface area contributed by atoms with Gasteiger partial charge in [0.15, 0.2) is 0 Å². The normalized spacial score (nSPS) is 17.6. The van der Waals surface area contributed by atoms with Crippen LogP contribution < -0.4 is 0 Å². The Balaban J connectivity index is 2.30. The van der Waals surface area contributed by atoms with Gasteiger partial charge in [-0.2, -0.15) is 0 Å². The standard InChI is InChI=1S/C20H26O4/c1-4-24-14-16-12-18(22-2)20(19(13-16)23-3)17-9-7-15(8-10-17)6-5-11-21/h7-12,19H,4-6,13-14H2,1-3H3. The maximum absolute atomic E-state index is 10.5. The third kappa shape index (κ3) is 4.56. The molecule has 1 aromatic carbocycles. The first-order valence-electron chi connectivity index (χ1n) is 8.34. The van der Waals surface area contributed by atoms with Gasteiger partial charge < -0.3 is 19.0 Å². The Morgan fingerprint density at radius 2 is 1.96 bits per heavy atom. The molecule has 0 bridgehead atoms. The van der Waals surface area contributed by atoms with Crippen molar-refractivity contribution in [3.63, 3.8) is 0 Å². The molecule has 0 amide bonds. The Bertz CT molecular complexity index is 599. The average molecular weight is 330 g/mol. The number of benzene rings is 1. The maximum atomic E-state index is 10.5. The fraction of sp³-hybridized carbons (Fsp3) is 0.450. The summed E-state index contributed by atoms with van der Waals surface area (Å²) in [5, 5.41) is 0. The van der Waals surface area contributed by atoms with Crippen LogP contribution in [0.5, 0.6) is 0 Å². The number of aryl methyl sites for hydroxylation is 1. The first kappa shape index (κ1) is 18.4. The van der Waals surface area contributed by atoms with Crippen molar-refractivity contribution in [2.24, 2.45) is 0 Å². The highest BCUT2D eigenvalue weighted by atomic mass is 16.5. The van der Waals surface area contributed by atoms with Crippen LogP contribution in [0.25, 0.3) is 5.57 Å². The van der Waals surface area contributed by atoms with Gasteiger partial charge in [-0.3, -0.25) is 0 Å². The molecule has 1 aliphatic rings. The second kappa shape index (κ2) is 9.40. The fourth-order valence-corrected chi connectivity index (χ4v) is 2.93. The predicted molar refractivity (Wildman–Crippen MR) is 94.7 cm³/mol. The number of ether oxygens (including phenoxy) is 3. The zero-order valence-corrected chi connectivity index (χ0v) is 14.7. The minimum atomic E-state index is -0.0544. The van der Waals surface area contributed by atoms with E-state index in [1.807, 2.05) is 6.92 Å². The lowest BCUT2D eigenvalue weighted by Crippen LogP contribution is -2.21. The number of aldehydes is 1. The predicted octanol–water partition coefficient (Wildman–Crippen LogP) is 3.56. The molecule has 1 unspecified atom stereocenters. The van der Waals surface area contributed by atoms with E-state index in [4.69, 9.17) is 14.2 Å². The quantitative estimate of drug-likeness (QED) is 0.650. The summed E-state index contributed by atoms with van der Waals surface area (Å²) < 4.78 is 16.9. The third-order valence-electron chi connectivity index (χ3n) is 4.18. The molecule has 1 atom stereocenters. The highest BCUT2D eigenvalue weighted by Gasteiger charge is 2.26. The Kier molecular flexibility index (Phi) is 7.22. The van der Waals surface area contributed by atoms with E-state index >= 15 is 0 Å². The topological polar surface area (TPSA) is 44.8 Å². The maximum Gasteiger partial charge on any atom is 0.125 e. The molecular weight excluding hydrogens is 304 g/mol. The number of carbonyl (C=O) groups is 1. The van der Waals surface area contributed by atoms with Crippen LogP contribution in [0.1, 0.15) is 30.9 Å². The van der Waals surface area contributed by atoms with Gasteiger partial charge in [0.25, 0.3) is 0 Å². The van der Waals surface area contributed by atoms with E-state index in [0.717, 1.165) is 41.6 Å². The Labute approximate surface area is 144 Å². The lowest BCUT2D eigenvalue weighted by molar-refractivity contribution is -0.107. The zero-order chi connectivity index (χ0) is 17.4. The second-order valence-electron chi connectivity index (χ2n) is 5.75. The van der Waals surface area contributed by atoms with Crippen molar-refractivity contribution in [3.8, 4) is 0 Å². The van der Waals surface area contributed by atoms with E-state index in [1.54, 1.807) is 14.2 Å². The van der Waals surface area contributed by atoms with Crippen molar-refractivity contribution in [1.29, 1.82) is 0 Å². The van der Waals surface area contributed by atoms with E-state index in [0.29, 0.717) is 19.6 Å². The summed E-state index contributed by atoms with van der Waals surface area (Å²) in [4.78, 5) is 10.5. The monoisotopic (exact) mass is 330 g/mol. The molecule has 0 aromatic heterocycles. The molecule has 2 rings (SSSR count). The smallest absolute Gasteiger partial charge is 0.125 e. The molecule has 0 saturated heterocycles. The van der Waals surface area contributed by atoms with Crippen LogP contribution in [0, 0.1) is 0 Å². The molecule has 1 aliphatic carbocycles. The first-order chi connectivity index (χ1) is 11.7. The molecule has 0 radical (unpaired) electrons. The second-order valence-corrected chi connectivity index (χ2v) is 5.75. The summed E-state index contributed by atoms with van der Waals surface area (Å²) >= 11 is 0. The van der Waals surface area contributed by atoms with Crippen LogP contribution in [0.3, 0.4) is 0 Å². The number of allylic oxidation sites excluding steroid dienone is 1. The Hall–Kier alpha value is -1.91. The molecule has 0 saturated carbocycles. The Morgan fingerprint density at radius 1 is 1.21 bits per heavy atom. The van der Waals surface area contributed by atoms with Gasteiger partial charge in [-0.05, 0) is 36.1 Å². The van der Waals surface area contributed by atoms with Crippen molar-refractivity contribution in [2.75, 3.05) is 27.4 Å². The lowest BCUT2D eigenvalue weighted by atomic mass is 9.89. The minimum Gasteiger partial charge on any atom is -0.496 e. The van der Waals surface area contributed by atoms with Gasteiger partial charge in [0.1, 0.15) is 12.0 Å². The zero-order valence-electron chi connectivity index (χ0n) is 14.7. The van der Waals surface area contributed by atoms with Crippen LogP contribution in [-0.2, 0) is 25.4 Å². The molecule has 1 aromatic rings. The number of methoxy groups -OCH3 is 2. The summed E-state index contributed by atoms with van der Waals surface area (Å²) in [5.74, 6) is 0.823. The van der Waals surface area contributed by atoms with Crippen LogP contribution in [0.4, 0.5) is 0 Å². The van der Waals surface area contributed by atoms with Gasteiger partial charge in [0.2, 0.25) is 0 Å². The summed E-state index contributed by atoms with van der Waals surface area (Å²) in [6, 6.07) is 8.26. The van der Waals surface area contributed by atoms with Crippen LogP contribution >= 0.6 is 0 Å². The average Bonchev–Trinajstić information content (AvgIpc) is 2.64. The highest BCUT2D eigenvalue weighted by Crippen LogP contribution is 2.34. The Morgan fingerprint density at radius 3 is 2.54 bits per heavy atom. The molecule has 4 nitrogen and oxygen atoms in total. The van der Waals surface area contributed by atoms with E-state index in [2.05, 4.69) is 30.3 Å². The van der Waals surface area contributed by atoms with E-state index < -0.39 is 0 Å². The van der Waals surface area contributed by atoms with Crippen LogP contribution in [0.15, 0.2) is 41.7 Å². The van der Waals surface area contributed by atoms with Gasteiger partial charge in [0, 0.05) is 32.1 Å². The van der Waals surface area contributed by atoms with E-state index in [9.17, 15) is 4.79 Å². The fourth-order valence-electron chi connectivity index (χ4n) is 2.93. The first-order valence-corrected chi connectivity index (χ1v) is 8.34. The van der Waals surface area contributed by atoms with Crippen LogP contribution in [0.2, 0.25) is 0 Å². The SMILES string of the molecule is CCOCC1=CC(OC)=C(c2ccc(CCC=O)cc2)C(OC)C1. The summed E-state index contributed by atoms with van der Waals surface area (Å²) in [5.41, 5.74) is 4.47. The molecular formula is C20H26O4. The number of carbonyl (C=O) groups excluding carboxylic acids is 1. The molecule has 0 aliphatic heterocycles. The number of rotatable bonds is 9. The highest BCUT2D eigenvalue weighted by molar-refractivity contribution is 5.74. The molecule has 130 valence electrons. The number of hydrogen-bond acceptors (Lipinski definition) is 4. The van der Waals surface area contributed by atoms with Crippen molar-refractivity contribution in [2.45, 2.75) is 32.3 Å². The van der Waals surface area contributed by atoms with Crippen molar-refractivity contribution in [1.82, 2.24) is 0 Å². The van der Waals surface area contributed by atoms with Gasteiger partial charge in [0.05, 0.1) is 19.8 Å². The van der Waals surface area contributed by atoms with Gasteiger partial charge >= 0.3 is 0 Å². The molecule has 4 heteroatoms. The molecule has 0 fully saturated rings. The molecule has 24 heavy (non-hydrogen) atoms. The summed E-state index contributed by atoms with van der Waals surface area (Å²) in [6.45, 7) is 3.28. The van der Waals surface area contributed by atoms with Crippen molar-refractivity contribution < 1.29 is 19.0 Å². The van der Waals surface area contributed by atoms with Gasteiger partial charge in [-0.1, -0.05) is 24.3 Å². The molecule has 0 heterocycles. The van der Waals surface area contributed by atoms with E-state index in [1.165, 1.54) is 5.57 Å². The van der Waals surface area contributed by atoms with Gasteiger partial charge in [-0.15, -0.1) is 0 Å². The van der Waals surface area contributed by atoms with Crippen LogP contribution in [-0.4, -0.2) is 39.8 Å². The lowest BCUT2D eigenvalue weighted by Gasteiger charge is -2.27. The van der Waals surface area contributed by atoms with E-state index in [-0.39, 0.29) is 6.10 Å². The molecule has 0 N–H and O–H groups in total. The third-order valence-corrected chi connectivity index (χ3v) is 4.18.